The zero-order valence-corrected chi connectivity index (χ0v) is 8.28. The van der Waals surface area contributed by atoms with Crippen molar-refractivity contribution in [1.29, 1.82) is 0 Å². The Balaban J connectivity index is 2.59. The van der Waals surface area contributed by atoms with Crippen LogP contribution in [0.25, 0.3) is 0 Å². The van der Waals surface area contributed by atoms with E-state index < -0.39 is 18.1 Å². The van der Waals surface area contributed by atoms with Crippen molar-refractivity contribution < 1.29 is 27.9 Å². The van der Waals surface area contributed by atoms with Crippen LogP contribution >= 0.6 is 0 Å². The Hall–Kier alpha value is -2.12. The molecule has 8 heteroatoms. The highest BCUT2D eigenvalue weighted by molar-refractivity contribution is 5.85. The van der Waals surface area contributed by atoms with Gasteiger partial charge in [-0.25, -0.2) is 9.78 Å². The number of hydrogen-bond donors (Lipinski definition) is 2. The molecule has 1 amide bonds. The summed E-state index contributed by atoms with van der Waals surface area (Å²) in [6.07, 6.45) is -3.85. The molecule has 5 nitrogen and oxygen atoms in total. The van der Waals surface area contributed by atoms with Gasteiger partial charge in [0.1, 0.15) is 5.69 Å². The minimum Gasteiger partial charge on any atom is -0.477 e. The van der Waals surface area contributed by atoms with E-state index in [0.717, 1.165) is 12.3 Å². The van der Waals surface area contributed by atoms with Gasteiger partial charge in [-0.2, -0.15) is 13.2 Å². The molecule has 1 aromatic rings. The number of aromatic carboxylic acids is 1. The predicted molar refractivity (Wildman–Crippen MR) is 49.1 cm³/mol. The van der Waals surface area contributed by atoms with Crippen molar-refractivity contribution in [1.82, 2.24) is 10.3 Å². The third kappa shape index (κ3) is 3.74. The monoisotopic (exact) mass is 248 g/mol. The molecule has 0 aromatic carbocycles. The van der Waals surface area contributed by atoms with E-state index in [-0.39, 0.29) is 17.8 Å². The van der Waals surface area contributed by atoms with Crippen LogP contribution in [0.5, 0.6) is 0 Å². The van der Waals surface area contributed by atoms with Gasteiger partial charge in [-0.3, -0.25) is 4.79 Å². The van der Waals surface area contributed by atoms with Gasteiger partial charge in [0.25, 0.3) is 0 Å². The lowest BCUT2D eigenvalue weighted by Crippen LogP contribution is -2.36. The molecule has 0 unspecified atom stereocenters. The number of rotatable bonds is 3. The predicted octanol–water partition coefficient (Wildman–Crippen LogP) is 0.958. The quantitative estimate of drug-likeness (QED) is 0.834. The van der Waals surface area contributed by atoms with Gasteiger partial charge < -0.3 is 10.4 Å². The molecule has 0 radical (unpaired) electrons. The number of alkyl halides is 3. The molecule has 0 atom stereocenters. The molecule has 2 N–H and O–H groups in total. The first kappa shape index (κ1) is 12.9. The van der Waals surface area contributed by atoms with E-state index in [0.29, 0.717) is 0 Å². The summed E-state index contributed by atoms with van der Waals surface area (Å²) in [6, 6.07) is 2.41. The standard InChI is InChI=1S/C9H7F3N2O3/c10-9(11,12)8(17)14-4-5-1-2-6(7(15)16)13-3-5/h1-3H,4H2,(H,14,17)(H,15,16). The van der Waals surface area contributed by atoms with Gasteiger partial charge in [-0.1, -0.05) is 6.07 Å². The molecular formula is C9H7F3N2O3. The third-order valence-corrected chi connectivity index (χ3v) is 1.75. The lowest BCUT2D eigenvalue weighted by molar-refractivity contribution is -0.173. The zero-order valence-electron chi connectivity index (χ0n) is 8.28. The van der Waals surface area contributed by atoms with E-state index >= 15 is 0 Å². The molecule has 1 aromatic heterocycles. The van der Waals surface area contributed by atoms with Crippen LogP contribution in [-0.2, 0) is 11.3 Å². The van der Waals surface area contributed by atoms with Gasteiger partial charge in [0.05, 0.1) is 0 Å². The maximum absolute atomic E-state index is 11.8. The van der Waals surface area contributed by atoms with Gasteiger partial charge >= 0.3 is 18.1 Å². The molecule has 0 aliphatic rings. The first-order chi connectivity index (χ1) is 7.80. The Morgan fingerprint density at radius 1 is 1.35 bits per heavy atom. The summed E-state index contributed by atoms with van der Waals surface area (Å²) in [4.78, 5) is 24.4. The number of amides is 1. The molecule has 0 aliphatic carbocycles. The molecule has 92 valence electrons. The summed E-state index contributed by atoms with van der Waals surface area (Å²) in [5, 5.41) is 10.2. The number of pyridine rings is 1. The van der Waals surface area contributed by atoms with Crippen molar-refractivity contribution in [2.75, 3.05) is 0 Å². The highest BCUT2D eigenvalue weighted by Gasteiger charge is 2.38. The molecule has 1 rings (SSSR count). The number of aromatic nitrogens is 1. The van der Waals surface area contributed by atoms with Crippen LogP contribution < -0.4 is 5.32 Å². The Bertz CT molecular complexity index is 428. The van der Waals surface area contributed by atoms with Crippen LogP contribution in [-0.4, -0.2) is 28.1 Å². The lowest BCUT2D eigenvalue weighted by Gasteiger charge is -2.07. The van der Waals surface area contributed by atoms with Crippen molar-refractivity contribution in [2.24, 2.45) is 0 Å². The van der Waals surface area contributed by atoms with E-state index in [2.05, 4.69) is 4.98 Å². The average molecular weight is 248 g/mol. The summed E-state index contributed by atoms with van der Waals surface area (Å²) in [7, 11) is 0. The maximum Gasteiger partial charge on any atom is 0.471 e. The second kappa shape index (κ2) is 4.81. The van der Waals surface area contributed by atoms with Crippen molar-refractivity contribution in [2.45, 2.75) is 12.7 Å². The summed E-state index contributed by atoms with van der Waals surface area (Å²) in [5.74, 6) is -3.30. The number of carboxylic acids is 1. The molecule has 0 aliphatic heterocycles. The molecule has 1 heterocycles. The molecule has 0 spiro atoms. The first-order valence-electron chi connectivity index (χ1n) is 4.34. The van der Waals surface area contributed by atoms with Gasteiger partial charge in [0.2, 0.25) is 0 Å². The summed E-state index contributed by atoms with van der Waals surface area (Å²) < 4.78 is 35.4. The van der Waals surface area contributed by atoms with E-state index in [1.165, 1.54) is 6.07 Å². The molecule has 0 fully saturated rings. The summed E-state index contributed by atoms with van der Waals surface area (Å²) in [5.41, 5.74) is 0.0449. The molecule has 17 heavy (non-hydrogen) atoms. The van der Waals surface area contributed by atoms with Crippen molar-refractivity contribution in [3.8, 4) is 0 Å². The highest BCUT2D eigenvalue weighted by atomic mass is 19.4. The molecular weight excluding hydrogens is 241 g/mol. The van der Waals surface area contributed by atoms with E-state index in [1.54, 1.807) is 5.32 Å². The molecule has 0 saturated carbocycles. The van der Waals surface area contributed by atoms with E-state index in [4.69, 9.17) is 5.11 Å². The number of carboxylic acid groups (broad SMARTS) is 1. The van der Waals surface area contributed by atoms with E-state index in [1.807, 2.05) is 0 Å². The second-order valence-electron chi connectivity index (χ2n) is 3.04. The van der Waals surface area contributed by atoms with Gasteiger partial charge in [0.15, 0.2) is 0 Å². The van der Waals surface area contributed by atoms with Crippen LogP contribution in [0.4, 0.5) is 13.2 Å². The van der Waals surface area contributed by atoms with Crippen LogP contribution in [0, 0.1) is 0 Å². The topological polar surface area (TPSA) is 79.3 Å². The van der Waals surface area contributed by atoms with Gasteiger partial charge in [-0.15, -0.1) is 0 Å². The van der Waals surface area contributed by atoms with Gasteiger partial charge in [0, 0.05) is 12.7 Å². The molecule has 0 saturated heterocycles. The number of nitrogens with one attached hydrogen (secondary N) is 1. The zero-order chi connectivity index (χ0) is 13.1. The lowest BCUT2D eigenvalue weighted by atomic mass is 10.2. The largest absolute Gasteiger partial charge is 0.477 e. The van der Waals surface area contributed by atoms with E-state index in [9.17, 15) is 22.8 Å². The number of carbonyl (C=O) groups excluding carboxylic acids is 1. The number of carbonyl (C=O) groups is 2. The fourth-order valence-electron chi connectivity index (χ4n) is 0.938. The fourth-order valence-corrected chi connectivity index (χ4v) is 0.938. The highest BCUT2D eigenvalue weighted by Crippen LogP contribution is 2.14. The summed E-state index contributed by atoms with van der Waals surface area (Å²) in [6.45, 7) is -0.370. The number of hydrogen-bond acceptors (Lipinski definition) is 3. The number of nitrogens with zero attached hydrogens (tertiary/aromatic N) is 1. The summed E-state index contributed by atoms with van der Waals surface area (Å²) >= 11 is 0. The van der Waals surface area contributed by atoms with Crippen LogP contribution in [0.3, 0.4) is 0 Å². The van der Waals surface area contributed by atoms with Crippen molar-refractivity contribution >= 4 is 11.9 Å². The number of halogens is 3. The maximum atomic E-state index is 11.8. The van der Waals surface area contributed by atoms with Crippen molar-refractivity contribution in [3.63, 3.8) is 0 Å². The Labute approximate surface area is 93.3 Å². The fraction of sp³-hybridized carbons (Fsp3) is 0.222. The minimum absolute atomic E-state index is 0.226. The Morgan fingerprint density at radius 2 is 2.00 bits per heavy atom. The average Bonchev–Trinajstić information content (AvgIpc) is 2.25. The Morgan fingerprint density at radius 3 is 2.41 bits per heavy atom. The normalized spacial score (nSPS) is 11.0. The SMILES string of the molecule is O=C(O)c1ccc(CNC(=O)C(F)(F)F)cn1. The second-order valence-corrected chi connectivity index (χ2v) is 3.04. The molecule has 0 bridgehead atoms. The minimum atomic E-state index is -4.94. The third-order valence-electron chi connectivity index (χ3n) is 1.75. The van der Waals surface area contributed by atoms with Crippen molar-refractivity contribution in [3.05, 3.63) is 29.6 Å². The first-order valence-corrected chi connectivity index (χ1v) is 4.34. The van der Waals surface area contributed by atoms with Crippen LogP contribution in [0.15, 0.2) is 18.3 Å². The Kier molecular flexibility index (Phi) is 3.66. The van der Waals surface area contributed by atoms with Crippen LogP contribution in [0.1, 0.15) is 16.1 Å². The van der Waals surface area contributed by atoms with Gasteiger partial charge in [-0.05, 0) is 11.6 Å². The smallest absolute Gasteiger partial charge is 0.471 e. The van der Waals surface area contributed by atoms with Crippen LogP contribution in [0.2, 0.25) is 0 Å².